The number of nitrogens with one attached hydrogen (secondary N) is 2. The fourth-order valence-corrected chi connectivity index (χ4v) is 2.39. The number of fused-ring (bicyclic) bond motifs is 2. The maximum atomic E-state index is 4.44. The first kappa shape index (κ1) is 12.7. The Kier molecular flexibility index (Phi) is 2.75. The normalized spacial score (nSPS) is 11.4. The lowest BCUT2D eigenvalue weighted by Gasteiger charge is -2.08. The summed E-state index contributed by atoms with van der Waals surface area (Å²) in [4.78, 5) is 13.0. The third-order valence-electron chi connectivity index (χ3n) is 3.61. The Morgan fingerprint density at radius 3 is 3.09 bits per heavy atom. The van der Waals surface area contributed by atoms with Gasteiger partial charge in [-0.15, -0.1) is 0 Å². The Bertz CT molecular complexity index is 967. The van der Waals surface area contributed by atoms with Crippen molar-refractivity contribution in [2.75, 3.05) is 5.32 Å². The minimum atomic E-state index is 0.504. The topological polar surface area (TPSA) is 96.7 Å². The summed E-state index contributed by atoms with van der Waals surface area (Å²) in [5, 5.41) is 15.5. The highest BCUT2D eigenvalue weighted by atomic mass is 15.3. The summed E-state index contributed by atoms with van der Waals surface area (Å²) in [5.41, 5.74) is 4.43. The molecule has 0 aliphatic rings. The van der Waals surface area contributed by atoms with Gasteiger partial charge < -0.3 is 5.32 Å². The van der Waals surface area contributed by atoms with Crippen LogP contribution in [0.1, 0.15) is 18.2 Å². The Hall–Kier alpha value is -3.03. The molecule has 0 saturated heterocycles. The van der Waals surface area contributed by atoms with Crippen molar-refractivity contribution in [3.05, 3.63) is 36.0 Å². The van der Waals surface area contributed by atoms with Gasteiger partial charge in [0.15, 0.2) is 11.3 Å². The van der Waals surface area contributed by atoms with Crippen LogP contribution in [-0.4, -0.2) is 34.8 Å². The molecule has 0 atom stereocenters. The number of aromatic nitrogens is 7. The van der Waals surface area contributed by atoms with Gasteiger partial charge in [-0.05, 0) is 25.0 Å². The first-order valence-electron chi connectivity index (χ1n) is 7.01. The molecule has 2 N–H and O–H groups in total. The predicted molar refractivity (Wildman–Crippen MR) is 82.1 cm³/mol. The first-order valence-corrected chi connectivity index (χ1v) is 7.01. The minimum absolute atomic E-state index is 0.504. The molecule has 0 saturated carbocycles. The Balaban J connectivity index is 1.73. The van der Waals surface area contributed by atoms with E-state index in [2.05, 4.69) is 42.5 Å². The van der Waals surface area contributed by atoms with Gasteiger partial charge >= 0.3 is 0 Å². The van der Waals surface area contributed by atoms with Crippen molar-refractivity contribution in [2.45, 2.75) is 20.3 Å². The van der Waals surface area contributed by atoms with Crippen LogP contribution in [0.4, 0.5) is 11.6 Å². The van der Waals surface area contributed by atoms with Crippen LogP contribution >= 0.6 is 0 Å². The summed E-state index contributed by atoms with van der Waals surface area (Å²) in [7, 11) is 0. The molecule has 0 aliphatic heterocycles. The van der Waals surface area contributed by atoms with Crippen LogP contribution in [0.15, 0.2) is 24.8 Å². The number of aryl methyl sites for hydroxylation is 2. The van der Waals surface area contributed by atoms with Crippen molar-refractivity contribution in [2.24, 2.45) is 0 Å². The number of hydrogen-bond acceptors (Lipinski definition) is 6. The van der Waals surface area contributed by atoms with Crippen LogP contribution in [0.5, 0.6) is 0 Å². The fourth-order valence-electron chi connectivity index (χ4n) is 2.39. The molecule has 0 amide bonds. The summed E-state index contributed by atoms with van der Waals surface area (Å²) in [6.07, 6.45) is 6.05. The molecule has 0 unspecified atom stereocenters. The molecule has 0 fully saturated rings. The third kappa shape index (κ3) is 1.96. The smallest absolute Gasteiger partial charge is 0.229 e. The molecule has 8 nitrogen and oxygen atoms in total. The van der Waals surface area contributed by atoms with Gasteiger partial charge in [-0.1, -0.05) is 6.92 Å². The lowest BCUT2D eigenvalue weighted by molar-refractivity contribution is 0.958. The van der Waals surface area contributed by atoms with E-state index in [1.165, 1.54) is 6.33 Å². The van der Waals surface area contributed by atoms with E-state index in [9.17, 15) is 0 Å². The van der Waals surface area contributed by atoms with Gasteiger partial charge in [0.1, 0.15) is 6.33 Å². The molecule has 4 aromatic rings. The van der Waals surface area contributed by atoms with Crippen molar-refractivity contribution >= 4 is 28.3 Å². The van der Waals surface area contributed by atoms with Gasteiger partial charge in [0, 0.05) is 11.9 Å². The number of anilines is 2. The molecule has 4 aromatic heterocycles. The third-order valence-corrected chi connectivity index (χ3v) is 3.61. The van der Waals surface area contributed by atoms with E-state index in [1.807, 2.05) is 19.2 Å². The van der Waals surface area contributed by atoms with Crippen LogP contribution in [0, 0.1) is 6.92 Å². The Labute approximate surface area is 125 Å². The van der Waals surface area contributed by atoms with Crippen molar-refractivity contribution in [3.8, 4) is 0 Å². The highest BCUT2D eigenvalue weighted by molar-refractivity contribution is 5.78. The number of aromatic amines is 1. The van der Waals surface area contributed by atoms with Gasteiger partial charge in [0.05, 0.1) is 17.3 Å². The number of nitrogens with zero attached hydrogens (tertiary/aromatic N) is 6. The SMILES string of the molecule is CCc1[nH]nc2nc(Nc3cn4ncnc4cc3C)ncc12. The fraction of sp³-hybridized carbons (Fsp3) is 0.214. The summed E-state index contributed by atoms with van der Waals surface area (Å²) >= 11 is 0. The monoisotopic (exact) mass is 294 g/mol. The summed E-state index contributed by atoms with van der Waals surface area (Å²) in [5.74, 6) is 0.504. The molecule has 0 spiro atoms. The van der Waals surface area contributed by atoms with Gasteiger partial charge in [0.2, 0.25) is 5.95 Å². The molecule has 0 radical (unpaired) electrons. The zero-order valence-electron chi connectivity index (χ0n) is 12.2. The second-order valence-electron chi connectivity index (χ2n) is 5.04. The average molecular weight is 294 g/mol. The predicted octanol–water partition coefficient (Wildman–Crippen LogP) is 2.01. The molecule has 110 valence electrons. The largest absolute Gasteiger partial charge is 0.323 e. The molecule has 0 aromatic carbocycles. The van der Waals surface area contributed by atoms with Gasteiger partial charge in [-0.25, -0.2) is 14.5 Å². The van der Waals surface area contributed by atoms with Crippen molar-refractivity contribution < 1.29 is 0 Å². The van der Waals surface area contributed by atoms with Gasteiger partial charge in [-0.2, -0.15) is 15.2 Å². The molecular weight excluding hydrogens is 280 g/mol. The highest BCUT2D eigenvalue weighted by Gasteiger charge is 2.09. The maximum absolute atomic E-state index is 4.44. The standard InChI is InChI=1S/C14H14N8/c1-3-10-9-5-15-14(19-13(9)21-20-10)18-11-6-22-12(4-8(11)2)16-7-17-22/h4-7H,3H2,1-2H3,(H2,15,18,19,20,21). The summed E-state index contributed by atoms with van der Waals surface area (Å²) in [6.45, 7) is 4.06. The molecular formula is C14H14N8. The van der Waals surface area contributed by atoms with E-state index in [0.717, 1.165) is 34.4 Å². The number of rotatable bonds is 3. The molecule has 22 heavy (non-hydrogen) atoms. The second-order valence-corrected chi connectivity index (χ2v) is 5.04. The lowest BCUT2D eigenvalue weighted by atomic mass is 10.2. The van der Waals surface area contributed by atoms with E-state index in [-0.39, 0.29) is 0 Å². The van der Waals surface area contributed by atoms with E-state index < -0.39 is 0 Å². The van der Waals surface area contributed by atoms with Gasteiger partial charge in [0.25, 0.3) is 0 Å². The van der Waals surface area contributed by atoms with Gasteiger partial charge in [-0.3, -0.25) is 5.10 Å². The van der Waals surface area contributed by atoms with E-state index in [4.69, 9.17) is 0 Å². The lowest BCUT2D eigenvalue weighted by Crippen LogP contribution is -2.01. The number of hydrogen-bond donors (Lipinski definition) is 2. The van der Waals surface area contributed by atoms with E-state index in [1.54, 1.807) is 10.7 Å². The molecule has 0 bridgehead atoms. The van der Waals surface area contributed by atoms with Crippen LogP contribution in [-0.2, 0) is 6.42 Å². The van der Waals surface area contributed by atoms with Crippen LogP contribution < -0.4 is 5.32 Å². The molecule has 0 aliphatic carbocycles. The second kappa shape index (κ2) is 4.76. The molecule has 4 rings (SSSR count). The summed E-state index contributed by atoms with van der Waals surface area (Å²) < 4.78 is 1.71. The maximum Gasteiger partial charge on any atom is 0.229 e. The van der Waals surface area contributed by atoms with Crippen molar-refractivity contribution in [3.63, 3.8) is 0 Å². The van der Waals surface area contributed by atoms with Crippen LogP contribution in [0.3, 0.4) is 0 Å². The van der Waals surface area contributed by atoms with Crippen molar-refractivity contribution in [1.82, 2.24) is 34.8 Å². The molecule has 8 heteroatoms. The highest BCUT2D eigenvalue weighted by Crippen LogP contribution is 2.21. The van der Waals surface area contributed by atoms with Crippen LogP contribution in [0.25, 0.3) is 16.7 Å². The average Bonchev–Trinajstić information content (AvgIpc) is 3.13. The zero-order chi connectivity index (χ0) is 15.1. The number of pyridine rings is 1. The van der Waals surface area contributed by atoms with E-state index in [0.29, 0.717) is 11.6 Å². The Morgan fingerprint density at radius 2 is 2.23 bits per heavy atom. The molecule has 4 heterocycles. The van der Waals surface area contributed by atoms with Crippen molar-refractivity contribution in [1.29, 1.82) is 0 Å². The zero-order valence-corrected chi connectivity index (χ0v) is 12.2. The van der Waals surface area contributed by atoms with Crippen LogP contribution in [0.2, 0.25) is 0 Å². The summed E-state index contributed by atoms with van der Waals surface area (Å²) in [6, 6.07) is 1.96. The first-order chi connectivity index (χ1) is 10.7. The quantitative estimate of drug-likeness (QED) is 0.600. The number of H-pyrrole nitrogens is 1. The van der Waals surface area contributed by atoms with E-state index >= 15 is 0 Å². The minimum Gasteiger partial charge on any atom is -0.323 e. The Morgan fingerprint density at radius 1 is 1.32 bits per heavy atom.